The largest absolute Gasteiger partial charge is 0.469 e. The molecule has 3 aliphatic carbocycles. The van der Waals surface area contributed by atoms with E-state index in [0.29, 0.717) is 18.5 Å². The maximum atomic E-state index is 12.8. The van der Waals surface area contributed by atoms with Crippen molar-refractivity contribution in [1.29, 1.82) is 0 Å². The van der Waals surface area contributed by atoms with Gasteiger partial charge < -0.3 is 10.1 Å². The molecule has 0 saturated heterocycles. The zero-order chi connectivity index (χ0) is 17.2. The summed E-state index contributed by atoms with van der Waals surface area (Å²) in [6.45, 7) is 2.07. The first kappa shape index (κ1) is 15.9. The van der Waals surface area contributed by atoms with Gasteiger partial charge in [-0.3, -0.25) is 4.79 Å². The van der Waals surface area contributed by atoms with Crippen LogP contribution in [-0.2, 0) is 19.6 Å². The minimum atomic E-state index is -3.57. The second-order valence-corrected chi connectivity index (χ2v) is 9.23. The first-order chi connectivity index (χ1) is 11.3. The summed E-state index contributed by atoms with van der Waals surface area (Å²) in [7, 11) is -2.15. The van der Waals surface area contributed by atoms with Crippen LogP contribution in [0, 0.1) is 17.3 Å². The molecule has 1 spiro atoms. The topological polar surface area (TPSA) is 84.5 Å². The lowest BCUT2D eigenvalue weighted by atomic mass is 9.52. The summed E-state index contributed by atoms with van der Waals surface area (Å²) >= 11 is 0. The lowest BCUT2D eigenvalue weighted by molar-refractivity contribution is -0.160. The summed E-state index contributed by atoms with van der Waals surface area (Å²) in [6, 6.07) is 6.97. The molecule has 0 unspecified atom stereocenters. The molecule has 4 atom stereocenters. The molecule has 0 radical (unpaired) electrons. The third-order valence-electron chi connectivity index (χ3n) is 6.14. The third-order valence-corrected chi connectivity index (χ3v) is 7.71. The average molecular weight is 350 g/mol. The van der Waals surface area contributed by atoms with Crippen LogP contribution >= 0.6 is 0 Å². The molecule has 1 heterocycles. The van der Waals surface area contributed by atoms with Gasteiger partial charge in [-0.05, 0) is 49.1 Å². The Balaban J connectivity index is 1.76. The van der Waals surface area contributed by atoms with Crippen molar-refractivity contribution in [1.82, 2.24) is 4.72 Å². The van der Waals surface area contributed by atoms with Crippen LogP contribution in [-0.4, -0.2) is 27.2 Å². The van der Waals surface area contributed by atoms with Crippen LogP contribution in [0.15, 0.2) is 29.2 Å². The van der Waals surface area contributed by atoms with Gasteiger partial charge in [-0.2, -0.15) is 4.72 Å². The zero-order valence-electron chi connectivity index (χ0n) is 13.8. The van der Waals surface area contributed by atoms with Crippen LogP contribution < -0.4 is 10.0 Å². The van der Waals surface area contributed by atoms with Crippen molar-refractivity contribution in [2.24, 2.45) is 17.3 Å². The lowest BCUT2D eigenvalue weighted by Crippen LogP contribution is -2.69. The van der Waals surface area contributed by atoms with E-state index in [1.165, 1.54) is 7.11 Å². The molecule has 1 aliphatic heterocycles. The average Bonchev–Trinajstić information content (AvgIpc) is 2.53. The number of esters is 1. The summed E-state index contributed by atoms with van der Waals surface area (Å²) < 4.78 is 33.4. The van der Waals surface area contributed by atoms with Gasteiger partial charge in [0.25, 0.3) is 0 Å². The standard InChI is InChI=1S/C17H22N2O4S/c1-16-8-7-11(9-12(16)15(20)23-2)17(10-16)18-13-5-3-4-6-14(13)24(21,22)19-17/h3-6,11-12,18-19H,7-10H2,1-2H3/t11-,12+,16+,17+/m1/s1. The van der Waals surface area contributed by atoms with Crippen LogP contribution in [0.5, 0.6) is 0 Å². The third kappa shape index (κ3) is 2.10. The first-order valence-corrected chi connectivity index (χ1v) is 9.77. The highest BCUT2D eigenvalue weighted by molar-refractivity contribution is 7.89. The van der Waals surface area contributed by atoms with Gasteiger partial charge >= 0.3 is 5.97 Å². The molecular formula is C17H22N2O4S. The Bertz CT molecular complexity index is 809. The molecule has 3 fully saturated rings. The van der Waals surface area contributed by atoms with E-state index in [1.54, 1.807) is 18.2 Å². The van der Waals surface area contributed by atoms with Gasteiger partial charge in [0.2, 0.25) is 10.0 Å². The second-order valence-electron chi connectivity index (χ2n) is 7.58. The molecule has 1 aromatic rings. The van der Waals surface area contributed by atoms with E-state index < -0.39 is 15.7 Å². The minimum absolute atomic E-state index is 0.0616. The Kier molecular flexibility index (Phi) is 3.28. The van der Waals surface area contributed by atoms with Crippen molar-refractivity contribution < 1.29 is 17.9 Å². The van der Waals surface area contributed by atoms with E-state index in [4.69, 9.17) is 4.74 Å². The van der Waals surface area contributed by atoms with Crippen LogP contribution in [0.25, 0.3) is 0 Å². The summed E-state index contributed by atoms with van der Waals surface area (Å²) in [5.41, 5.74) is -0.351. The number of carbonyl (C=O) groups excluding carboxylic acids is 1. The van der Waals surface area contributed by atoms with E-state index in [0.717, 1.165) is 12.8 Å². The van der Waals surface area contributed by atoms with E-state index in [2.05, 4.69) is 17.0 Å². The minimum Gasteiger partial charge on any atom is -0.469 e. The van der Waals surface area contributed by atoms with E-state index >= 15 is 0 Å². The monoisotopic (exact) mass is 350 g/mol. The van der Waals surface area contributed by atoms with Crippen molar-refractivity contribution in [2.75, 3.05) is 12.4 Å². The molecule has 2 N–H and O–H groups in total. The number of sulfonamides is 1. The number of hydrogen-bond donors (Lipinski definition) is 2. The predicted octanol–water partition coefficient (Wildman–Crippen LogP) is 2.09. The number of anilines is 1. The van der Waals surface area contributed by atoms with Gasteiger partial charge in [-0.1, -0.05) is 19.1 Å². The molecule has 6 nitrogen and oxygen atoms in total. The molecule has 1 aromatic carbocycles. The molecule has 0 amide bonds. The molecule has 24 heavy (non-hydrogen) atoms. The summed E-state index contributed by atoms with van der Waals surface area (Å²) in [5, 5.41) is 3.46. The van der Waals surface area contributed by atoms with Crippen LogP contribution in [0.1, 0.15) is 32.6 Å². The van der Waals surface area contributed by atoms with Crippen molar-refractivity contribution >= 4 is 21.7 Å². The second kappa shape index (κ2) is 4.95. The normalized spacial score (nSPS) is 39.1. The van der Waals surface area contributed by atoms with Gasteiger partial charge in [0.05, 0.1) is 18.7 Å². The number of ether oxygens (including phenoxy) is 1. The van der Waals surface area contributed by atoms with E-state index in [1.807, 2.05) is 6.07 Å². The predicted molar refractivity (Wildman–Crippen MR) is 88.7 cm³/mol. The molecule has 5 rings (SSSR count). The molecule has 4 aliphatic rings. The number of benzene rings is 1. The van der Waals surface area contributed by atoms with Crippen molar-refractivity contribution in [3.8, 4) is 0 Å². The highest BCUT2D eigenvalue weighted by atomic mass is 32.2. The molecular weight excluding hydrogens is 328 g/mol. The van der Waals surface area contributed by atoms with Crippen LogP contribution in [0.2, 0.25) is 0 Å². The molecule has 7 heteroatoms. The highest BCUT2D eigenvalue weighted by Crippen LogP contribution is 2.59. The van der Waals surface area contributed by atoms with Gasteiger partial charge in [-0.25, -0.2) is 8.42 Å². The first-order valence-electron chi connectivity index (χ1n) is 8.29. The van der Waals surface area contributed by atoms with Crippen molar-refractivity contribution in [3.05, 3.63) is 24.3 Å². The van der Waals surface area contributed by atoms with Crippen LogP contribution in [0.3, 0.4) is 0 Å². The number of carbonyl (C=O) groups is 1. The number of rotatable bonds is 1. The van der Waals surface area contributed by atoms with Gasteiger partial charge in [0.1, 0.15) is 10.6 Å². The summed E-state index contributed by atoms with van der Waals surface area (Å²) in [5.74, 6) is -0.293. The van der Waals surface area contributed by atoms with Gasteiger partial charge in [-0.15, -0.1) is 0 Å². The number of fused-ring (bicyclic) bond motifs is 3. The molecule has 0 aromatic heterocycles. The Labute approximate surface area is 142 Å². The number of para-hydroxylation sites is 1. The number of methoxy groups -OCH3 is 1. The fourth-order valence-electron chi connectivity index (χ4n) is 4.96. The molecule has 2 bridgehead atoms. The Morgan fingerprint density at radius 1 is 1.33 bits per heavy atom. The quantitative estimate of drug-likeness (QED) is 0.758. The lowest BCUT2D eigenvalue weighted by Gasteiger charge is -2.60. The Morgan fingerprint density at radius 2 is 2.08 bits per heavy atom. The molecule has 3 saturated carbocycles. The number of nitrogens with one attached hydrogen (secondary N) is 2. The fourth-order valence-corrected chi connectivity index (χ4v) is 6.50. The maximum absolute atomic E-state index is 12.8. The zero-order valence-corrected chi connectivity index (χ0v) is 14.7. The number of hydrogen-bond acceptors (Lipinski definition) is 5. The Hall–Kier alpha value is -1.60. The van der Waals surface area contributed by atoms with E-state index in [-0.39, 0.29) is 28.1 Å². The van der Waals surface area contributed by atoms with Gasteiger partial charge in [0.15, 0.2) is 0 Å². The van der Waals surface area contributed by atoms with Crippen LogP contribution in [0.4, 0.5) is 5.69 Å². The highest BCUT2D eigenvalue weighted by Gasteiger charge is 2.61. The van der Waals surface area contributed by atoms with Gasteiger partial charge in [0, 0.05) is 0 Å². The molecule has 130 valence electrons. The SMILES string of the molecule is COC(=O)[C@@H]1C[C@H]2CC[C@@]1(C)C[C@@]21Nc2ccccc2S(=O)(=O)N1. The maximum Gasteiger partial charge on any atom is 0.309 e. The smallest absolute Gasteiger partial charge is 0.309 e. The Morgan fingerprint density at radius 3 is 2.79 bits per heavy atom. The van der Waals surface area contributed by atoms with Crippen molar-refractivity contribution in [3.63, 3.8) is 0 Å². The fraction of sp³-hybridized carbons (Fsp3) is 0.588. The van der Waals surface area contributed by atoms with E-state index in [9.17, 15) is 13.2 Å². The van der Waals surface area contributed by atoms with Crippen molar-refractivity contribution in [2.45, 2.75) is 43.2 Å². The summed E-state index contributed by atoms with van der Waals surface area (Å²) in [6.07, 6.45) is 3.02. The summed E-state index contributed by atoms with van der Waals surface area (Å²) in [4.78, 5) is 12.5.